The van der Waals surface area contributed by atoms with E-state index < -0.39 is 16.0 Å². The van der Waals surface area contributed by atoms with Crippen LogP contribution in [0.5, 0.6) is 5.75 Å². The fourth-order valence-electron chi connectivity index (χ4n) is 2.41. The normalized spacial score (nSPS) is 11.4. The Morgan fingerprint density at radius 2 is 2.11 bits per heavy atom. The molecule has 0 fully saturated rings. The van der Waals surface area contributed by atoms with Gasteiger partial charge in [0, 0.05) is 23.1 Å². The van der Waals surface area contributed by atoms with Crippen LogP contribution in [0.3, 0.4) is 0 Å². The number of hydrogen-bond donors (Lipinski definition) is 1. The number of carbonyl (C=O) groups excluding carboxylic acids is 1. The van der Waals surface area contributed by atoms with Crippen LogP contribution in [0.25, 0.3) is 11.3 Å². The first-order valence-corrected chi connectivity index (χ1v) is 10.6. The summed E-state index contributed by atoms with van der Waals surface area (Å²) in [6.45, 7) is 2.06. The third kappa shape index (κ3) is 4.41. The van der Waals surface area contributed by atoms with Crippen molar-refractivity contribution >= 4 is 27.3 Å². The number of esters is 1. The van der Waals surface area contributed by atoms with Gasteiger partial charge < -0.3 is 14.0 Å². The summed E-state index contributed by atoms with van der Waals surface area (Å²) in [4.78, 5) is 12.6. The van der Waals surface area contributed by atoms with Crippen LogP contribution < -0.4 is 9.46 Å². The first kappa shape index (κ1) is 20.1. The highest BCUT2D eigenvalue weighted by Crippen LogP contribution is 2.30. The van der Waals surface area contributed by atoms with Crippen LogP contribution in [0.2, 0.25) is 0 Å². The number of thiophene rings is 1. The van der Waals surface area contributed by atoms with Crippen molar-refractivity contribution in [1.29, 1.82) is 0 Å². The molecule has 0 radical (unpaired) electrons. The van der Waals surface area contributed by atoms with Crippen molar-refractivity contribution in [3.63, 3.8) is 0 Å². The summed E-state index contributed by atoms with van der Waals surface area (Å²) in [5, 5.41) is 5.54. The van der Waals surface area contributed by atoms with E-state index in [0.717, 1.165) is 4.88 Å². The van der Waals surface area contributed by atoms with E-state index in [1.54, 1.807) is 13.0 Å². The van der Waals surface area contributed by atoms with E-state index in [4.69, 9.17) is 14.0 Å². The number of rotatable bonds is 8. The summed E-state index contributed by atoms with van der Waals surface area (Å²) >= 11 is 1.45. The maximum absolute atomic E-state index is 12.8. The lowest BCUT2D eigenvalue weighted by Crippen LogP contribution is -2.23. The van der Waals surface area contributed by atoms with Gasteiger partial charge in [0.15, 0.2) is 11.5 Å². The van der Waals surface area contributed by atoms with Crippen LogP contribution in [0.4, 0.5) is 0 Å². The molecule has 0 amide bonds. The number of nitrogens with one attached hydrogen (secondary N) is 1. The SMILES string of the molecule is CCOC(=O)c1cc(-c2ccc(OC)c(S(=O)(=O)NCc3cccs3)c2)on1. The molecular formula is C18H18N2O6S2. The van der Waals surface area contributed by atoms with Crippen LogP contribution in [-0.2, 0) is 21.3 Å². The molecule has 148 valence electrons. The maximum Gasteiger partial charge on any atom is 0.360 e. The summed E-state index contributed by atoms with van der Waals surface area (Å²) in [5.41, 5.74) is 0.438. The molecule has 0 bridgehead atoms. The van der Waals surface area contributed by atoms with Gasteiger partial charge in [-0.1, -0.05) is 11.2 Å². The number of benzene rings is 1. The van der Waals surface area contributed by atoms with Gasteiger partial charge in [-0.05, 0) is 36.6 Å². The van der Waals surface area contributed by atoms with Crippen molar-refractivity contribution in [3.05, 3.63) is 52.3 Å². The zero-order chi connectivity index (χ0) is 20.1. The Morgan fingerprint density at radius 1 is 1.29 bits per heavy atom. The maximum atomic E-state index is 12.8. The second-order valence-electron chi connectivity index (χ2n) is 5.57. The standard InChI is InChI=1S/C18H18N2O6S2/c1-3-25-18(21)14-10-16(26-20-14)12-6-7-15(24-2)17(9-12)28(22,23)19-11-13-5-4-8-27-13/h4-10,19H,3,11H2,1-2H3. The Labute approximate surface area is 166 Å². The summed E-state index contributed by atoms with van der Waals surface area (Å²) in [7, 11) is -2.46. The number of carbonyl (C=O) groups is 1. The molecule has 0 saturated carbocycles. The number of methoxy groups -OCH3 is 1. The second-order valence-corrected chi connectivity index (χ2v) is 8.33. The number of hydrogen-bond acceptors (Lipinski definition) is 8. The minimum absolute atomic E-state index is 0.00731. The van der Waals surface area contributed by atoms with Crippen LogP contribution in [0.1, 0.15) is 22.3 Å². The van der Waals surface area contributed by atoms with Crippen LogP contribution in [0, 0.1) is 0 Å². The summed E-state index contributed by atoms with van der Waals surface area (Å²) < 4.78 is 43.4. The molecule has 0 aliphatic rings. The molecule has 1 N–H and O–H groups in total. The molecule has 0 atom stereocenters. The van der Waals surface area contributed by atoms with E-state index in [-0.39, 0.29) is 35.3 Å². The molecule has 3 rings (SSSR count). The first-order chi connectivity index (χ1) is 13.4. The highest BCUT2D eigenvalue weighted by Gasteiger charge is 2.22. The highest BCUT2D eigenvalue weighted by molar-refractivity contribution is 7.89. The number of aromatic nitrogens is 1. The van der Waals surface area contributed by atoms with E-state index >= 15 is 0 Å². The van der Waals surface area contributed by atoms with Gasteiger partial charge >= 0.3 is 5.97 Å². The molecule has 0 spiro atoms. The van der Waals surface area contributed by atoms with Crippen molar-refractivity contribution in [2.75, 3.05) is 13.7 Å². The minimum atomic E-state index is -3.85. The molecule has 0 aliphatic heterocycles. The lowest BCUT2D eigenvalue weighted by molar-refractivity contribution is 0.0514. The largest absolute Gasteiger partial charge is 0.495 e. The molecule has 3 aromatic rings. The Bertz CT molecular complexity index is 1060. The van der Waals surface area contributed by atoms with Gasteiger partial charge in [0.2, 0.25) is 10.0 Å². The summed E-state index contributed by atoms with van der Waals surface area (Å²) in [6.07, 6.45) is 0. The lowest BCUT2D eigenvalue weighted by Gasteiger charge is -2.11. The van der Waals surface area contributed by atoms with Gasteiger partial charge in [0.25, 0.3) is 0 Å². The quantitative estimate of drug-likeness (QED) is 0.556. The van der Waals surface area contributed by atoms with Gasteiger partial charge in [-0.15, -0.1) is 11.3 Å². The first-order valence-electron chi connectivity index (χ1n) is 8.29. The predicted molar refractivity (Wildman–Crippen MR) is 103 cm³/mol. The average molecular weight is 422 g/mol. The fourth-order valence-corrected chi connectivity index (χ4v) is 4.34. The zero-order valence-corrected chi connectivity index (χ0v) is 16.8. The number of nitrogens with zero attached hydrogens (tertiary/aromatic N) is 1. The molecule has 8 nitrogen and oxygen atoms in total. The third-order valence-corrected chi connectivity index (χ3v) is 6.05. The van der Waals surface area contributed by atoms with Crippen molar-refractivity contribution in [3.8, 4) is 17.1 Å². The predicted octanol–water partition coefficient (Wildman–Crippen LogP) is 3.07. The van der Waals surface area contributed by atoms with Crippen LogP contribution in [0.15, 0.2) is 51.2 Å². The van der Waals surface area contributed by atoms with E-state index in [1.807, 2.05) is 17.5 Å². The Balaban J connectivity index is 1.90. The fraction of sp³-hybridized carbons (Fsp3) is 0.222. The molecule has 1 aromatic carbocycles. The Kier molecular flexibility index (Phi) is 6.12. The van der Waals surface area contributed by atoms with Gasteiger partial charge in [-0.25, -0.2) is 17.9 Å². The topological polar surface area (TPSA) is 108 Å². The molecule has 28 heavy (non-hydrogen) atoms. The molecule has 0 aliphatic carbocycles. The second kappa shape index (κ2) is 8.55. The molecule has 10 heteroatoms. The van der Waals surface area contributed by atoms with Gasteiger partial charge in [0.1, 0.15) is 10.6 Å². The molecular weight excluding hydrogens is 404 g/mol. The summed E-state index contributed by atoms with van der Waals surface area (Å²) in [6, 6.07) is 9.63. The van der Waals surface area contributed by atoms with Gasteiger partial charge in [0.05, 0.1) is 13.7 Å². The molecule has 2 heterocycles. The van der Waals surface area contributed by atoms with E-state index in [0.29, 0.717) is 5.56 Å². The molecule has 2 aromatic heterocycles. The zero-order valence-electron chi connectivity index (χ0n) is 15.2. The number of sulfonamides is 1. The monoisotopic (exact) mass is 422 g/mol. The van der Waals surface area contributed by atoms with Crippen molar-refractivity contribution in [2.45, 2.75) is 18.4 Å². The minimum Gasteiger partial charge on any atom is -0.495 e. The lowest BCUT2D eigenvalue weighted by atomic mass is 10.1. The van der Waals surface area contributed by atoms with E-state index in [9.17, 15) is 13.2 Å². The third-order valence-electron chi connectivity index (χ3n) is 3.75. The van der Waals surface area contributed by atoms with E-state index in [2.05, 4.69) is 9.88 Å². The number of ether oxygens (including phenoxy) is 2. The van der Waals surface area contributed by atoms with Crippen molar-refractivity contribution in [2.24, 2.45) is 0 Å². The molecule has 0 unspecified atom stereocenters. The van der Waals surface area contributed by atoms with Crippen molar-refractivity contribution < 1.29 is 27.2 Å². The smallest absolute Gasteiger partial charge is 0.360 e. The highest BCUT2D eigenvalue weighted by atomic mass is 32.2. The average Bonchev–Trinajstić information content (AvgIpc) is 3.38. The van der Waals surface area contributed by atoms with Gasteiger partial charge in [-0.2, -0.15) is 0 Å². The van der Waals surface area contributed by atoms with Gasteiger partial charge in [-0.3, -0.25) is 0 Å². The van der Waals surface area contributed by atoms with Crippen LogP contribution >= 0.6 is 11.3 Å². The van der Waals surface area contributed by atoms with Crippen LogP contribution in [-0.4, -0.2) is 33.3 Å². The summed E-state index contributed by atoms with van der Waals surface area (Å²) in [5.74, 6) is -0.190. The molecule has 0 saturated heterocycles. The van der Waals surface area contributed by atoms with Crippen molar-refractivity contribution in [1.82, 2.24) is 9.88 Å². The Hall–Kier alpha value is -2.69. The Morgan fingerprint density at radius 3 is 2.79 bits per heavy atom. The van der Waals surface area contributed by atoms with E-state index in [1.165, 1.54) is 36.6 Å².